The Kier molecular flexibility index (Phi) is 10.1. The fourth-order valence-electron chi connectivity index (χ4n) is 0.828. The maximum absolute atomic E-state index is 11.1. The van der Waals surface area contributed by atoms with Crippen LogP contribution >= 0.6 is 0 Å². The lowest BCUT2D eigenvalue weighted by molar-refractivity contribution is -0.116. The average molecular weight is 183 g/mol. The number of carbonyl (C=O) groups is 1. The van der Waals surface area contributed by atoms with Gasteiger partial charge in [0.1, 0.15) is 0 Å². The van der Waals surface area contributed by atoms with Gasteiger partial charge in [0.25, 0.3) is 5.91 Å². The summed E-state index contributed by atoms with van der Waals surface area (Å²) in [6.45, 7) is 9.70. The fourth-order valence-corrected chi connectivity index (χ4v) is 0.828. The molecule has 0 spiro atoms. The molecule has 1 amide bonds. The highest BCUT2D eigenvalue weighted by molar-refractivity contribution is 5.97. The topological polar surface area (TPSA) is 29.1 Å². The SMILES string of the molecule is C/C=C(C)\C(=C/C)C(=O)NC.CC. The maximum atomic E-state index is 11.1. The van der Waals surface area contributed by atoms with E-state index in [1.807, 2.05) is 46.8 Å². The molecule has 0 aromatic heterocycles. The Balaban J connectivity index is 0. The average Bonchev–Trinajstić information content (AvgIpc) is 2.21. The standard InChI is InChI=1S/C9H15NO.C2H6/c1-5-7(3)8(6-2)9(11)10-4;1-2/h5-6H,1-4H3,(H,10,11);1-2H3/b7-5-,8-6+;. The lowest BCUT2D eigenvalue weighted by Crippen LogP contribution is -2.20. The number of nitrogens with one attached hydrogen (secondary N) is 1. The smallest absolute Gasteiger partial charge is 0.250 e. The van der Waals surface area contributed by atoms with Gasteiger partial charge in [-0.2, -0.15) is 0 Å². The van der Waals surface area contributed by atoms with E-state index in [1.54, 1.807) is 7.05 Å². The van der Waals surface area contributed by atoms with Crippen molar-refractivity contribution in [2.45, 2.75) is 34.6 Å². The Morgan fingerprint density at radius 2 is 1.62 bits per heavy atom. The van der Waals surface area contributed by atoms with E-state index in [1.165, 1.54) is 0 Å². The van der Waals surface area contributed by atoms with Crippen LogP contribution in [-0.4, -0.2) is 13.0 Å². The highest BCUT2D eigenvalue weighted by atomic mass is 16.1. The maximum Gasteiger partial charge on any atom is 0.250 e. The van der Waals surface area contributed by atoms with E-state index in [2.05, 4.69) is 5.32 Å². The van der Waals surface area contributed by atoms with E-state index in [4.69, 9.17) is 0 Å². The first-order valence-corrected chi connectivity index (χ1v) is 4.69. The number of carbonyl (C=O) groups excluding carboxylic acids is 1. The summed E-state index contributed by atoms with van der Waals surface area (Å²) >= 11 is 0. The lowest BCUT2D eigenvalue weighted by Gasteiger charge is -2.03. The molecule has 0 fully saturated rings. The van der Waals surface area contributed by atoms with Crippen molar-refractivity contribution in [1.29, 1.82) is 0 Å². The molecule has 76 valence electrons. The summed E-state index contributed by atoms with van der Waals surface area (Å²) < 4.78 is 0. The Hall–Kier alpha value is -1.05. The van der Waals surface area contributed by atoms with Gasteiger partial charge in [-0.1, -0.05) is 26.0 Å². The summed E-state index contributed by atoms with van der Waals surface area (Å²) in [5.41, 5.74) is 1.75. The van der Waals surface area contributed by atoms with Gasteiger partial charge in [0.05, 0.1) is 0 Å². The van der Waals surface area contributed by atoms with Crippen LogP contribution in [0.15, 0.2) is 23.3 Å². The summed E-state index contributed by atoms with van der Waals surface area (Å²) in [4.78, 5) is 11.1. The van der Waals surface area contributed by atoms with Gasteiger partial charge in [-0.25, -0.2) is 0 Å². The van der Waals surface area contributed by atoms with Gasteiger partial charge in [0.15, 0.2) is 0 Å². The Bertz CT molecular complexity index is 202. The first kappa shape index (κ1) is 14.5. The summed E-state index contributed by atoms with van der Waals surface area (Å²) in [5, 5.41) is 2.58. The van der Waals surface area contributed by atoms with Crippen LogP contribution in [0.1, 0.15) is 34.6 Å². The molecule has 0 atom stereocenters. The second-order valence-corrected chi connectivity index (χ2v) is 2.25. The molecule has 0 aliphatic rings. The van der Waals surface area contributed by atoms with E-state index < -0.39 is 0 Å². The first-order valence-electron chi connectivity index (χ1n) is 4.69. The van der Waals surface area contributed by atoms with Gasteiger partial charge in [0.2, 0.25) is 0 Å². The number of amides is 1. The van der Waals surface area contributed by atoms with E-state index >= 15 is 0 Å². The molecule has 0 rings (SSSR count). The van der Waals surface area contributed by atoms with E-state index in [0.717, 1.165) is 11.1 Å². The molecule has 0 radical (unpaired) electrons. The van der Waals surface area contributed by atoms with Gasteiger partial charge >= 0.3 is 0 Å². The minimum atomic E-state index is -0.0249. The number of likely N-dealkylation sites (N-methyl/N-ethyl adjacent to an activating group) is 1. The van der Waals surface area contributed by atoms with Crippen LogP contribution in [0.5, 0.6) is 0 Å². The van der Waals surface area contributed by atoms with Crippen molar-refractivity contribution in [1.82, 2.24) is 5.32 Å². The normalized spacial score (nSPS) is 11.5. The first-order chi connectivity index (χ1) is 6.17. The van der Waals surface area contributed by atoms with Crippen molar-refractivity contribution >= 4 is 5.91 Å². The van der Waals surface area contributed by atoms with Crippen LogP contribution in [0, 0.1) is 0 Å². The summed E-state index contributed by atoms with van der Waals surface area (Å²) in [6.07, 6.45) is 3.73. The molecule has 2 nitrogen and oxygen atoms in total. The quantitative estimate of drug-likeness (QED) is 0.517. The molecule has 0 saturated heterocycles. The number of hydrogen-bond acceptors (Lipinski definition) is 1. The number of hydrogen-bond donors (Lipinski definition) is 1. The van der Waals surface area contributed by atoms with Crippen molar-refractivity contribution in [2.75, 3.05) is 7.05 Å². The Morgan fingerprint density at radius 3 is 1.85 bits per heavy atom. The van der Waals surface area contributed by atoms with Crippen LogP contribution in [0.2, 0.25) is 0 Å². The minimum absolute atomic E-state index is 0.0249. The second-order valence-electron chi connectivity index (χ2n) is 2.25. The van der Waals surface area contributed by atoms with Crippen LogP contribution in [0.3, 0.4) is 0 Å². The van der Waals surface area contributed by atoms with Gasteiger partial charge < -0.3 is 5.32 Å². The van der Waals surface area contributed by atoms with Crippen LogP contribution in [0.4, 0.5) is 0 Å². The highest BCUT2D eigenvalue weighted by Gasteiger charge is 2.05. The van der Waals surface area contributed by atoms with Gasteiger partial charge in [0, 0.05) is 12.6 Å². The zero-order chi connectivity index (χ0) is 10.9. The van der Waals surface area contributed by atoms with Crippen molar-refractivity contribution in [3.63, 3.8) is 0 Å². The third-order valence-electron chi connectivity index (χ3n) is 1.62. The molecule has 0 saturated carbocycles. The predicted octanol–water partition coefficient (Wildman–Crippen LogP) is 2.67. The molecule has 0 aliphatic carbocycles. The zero-order valence-electron chi connectivity index (χ0n) is 9.56. The molecule has 1 N–H and O–H groups in total. The van der Waals surface area contributed by atoms with Gasteiger partial charge in [-0.05, 0) is 26.3 Å². The van der Waals surface area contributed by atoms with E-state index in [0.29, 0.717) is 0 Å². The van der Waals surface area contributed by atoms with Crippen molar-refractivity contribution < 1.29 is 4.79 Å². The van der Waals surface area contributed by atoms with Crippen molar-refractivity contribution in [2.24, 2.45) is 0 Å². The van der Waals surface area contributed by atoms with Gasteiger partial charge in [-0.3, -0.25) is 4.79 Å². The predicted molar refractivity (Wildman–Crippen MR) is 58.6 cm³/mol. The van der Waals surface area contributed by atoms with Gasteiger partial charge in [-0.15, -0.1) is 0 Å². The van der Waals surface area contributed by atoms with Crippen molar-refractivity contribution in [3.8, 4) is 0 Å². The molecule has 13 heavy (non-hydrogen) atoms. The summed E-state index contributed by atoms with van der Waals surface area (Å²) in [7, 11) is 1.63. The molecule has 0 heterocycles. The molecule has 2 heteroatoms. The molecule has 0 unspecified atom stereocenters. The minimum Gasteiger partial charge on any atom is -0.355 e. The zero-order valence-corrected chi connectivity index (χ0v) is 9.56. The van der Waals surface area contributed by atoms with Crippen LogP contribution in [-0.2, 0) is 4.79 Å². The Morgan fingerprint density at radius 1 is 1.15 bits per heavy atom. The summed E-state index contributed by atoms with van der Waals surface area (Å²) in [6, 6.07) is 0. The number of rotatable bonds is 2. The molecular weight excluding hydrogens is 162 g/mol. The monoisotopic (exact) mass is 183 g/mol. The van der Waals surface area contributed by atoms with E-state index in [-0.39, 0.29) is 5.91 Å². The van der Waals surface area contributed by atoms with Crippen molar-refractivity contribution in [3.05, 3.63) is 23.3 Å². The highest BCUT2D eigenvalue weighted by Crippen LogP contribution is 2.07. The lowest BCUT2D eigenvalue weighted by atomic mass is 10.1. The molecule has 0 bridgehead atoms. The largest absolute Gasteiger partial charge is 0.355 e. The number of allylic oxidation sites excluding steroid dienone is 2. The third-order valence-corrected chi connectivity index (χ3v) is 1.62. The molecule has 0 aromatic rings. The molecule has 0 aliphatic heterocycles. The Labute approximate surface area is 81.7 Å². The second kappa shape index (κ2) is 9.04. The third kappa shape index (κ3) is 5.23. The summed E-state index contributed by atoms with van der Waals surface area (Å²) in [5.74, 6) is -0.0249. The van der Waals surface area contributed by atoms with Crippen LogP contribution in [0.25, 0.3) is 0 Å². The van der Waals surface area contributed by atoms with E-state index in [9.17, 15) is 4.79 Å². The fraction of sp³-hybridized carbons (Fsp3) is 0.545. The molecule has 0 aromatic carbocycles. The molecular formula is C11H21NO. The van der Waals surface area contributed by atoms with Crippen LogP contribution < -0.4 is 5.32 Å².